The number of benzene rings is 1. The Kier molecular flexibility index (Phi) is 3.65. The van der Waals surface area contributed by atoms with Gasteiger partial charge in [-0.25, -0.2) is 0 Å². The van der Waals surface area contributed by atoms with Crippen molar-refractivity contribution in [2.24, 2.45) is 0 Å². The van der Waals surface area contributed by atoms with Crippen molar-refractivity contribution in [3.05, 3.63) is 24.3 Å². The van der Waals surface area contributed by atoms with Gasteiger partial charge >= 0.3 is 0 Å². The molecule has 0 aliphatic carbocycles. The zero-order valence-corrected chi connectivity index (χ0v) is 11.2. The minimum Gasteiger partial charge on any atom is -0.359 e. The molecule has 1 aliphatic rings. The molecule has 17 heavy (non-hydrogen) atoms. The van der Waals surface area contributed by atoms with Gasteiger partial charge in [-0.05, 0) is 25.5 Å². The molecule has 0 saturated carbocycles. The fourth-order valence-corrected chi connectivity index (χ4v) is 3.63. The van der Waals surface area contributed by atoms with Crippen molar-refractivity contribution in [1.29, 1.82) is 0 Å². The maximum atomic E-state index is 10.7. The van der Waals surface area contributed by atoms with Crippen molar-refractivity contribution >= 4 is 27.6 Å². The van der Waals surface area contributed by atoms with Crippen LogP contribution in [0.25, 0.3) is 0 Å². The van der Waals surface area contributed by atoms with E-state index in [0.717, 1.165) is 5.69 Å². The van der Waals surface area contributed by atoms with Crippen LogP contribution >= 0.6 is 11.8 Å². The Morgan fingerprint density at radius 2 is 2.12 bits per heavy atom. The molecule has 0 radical (unpaired) electrons. The standard InChI is InChI=1S/C11H15NO3S2/c1-9-12(7-4-8-17(13,14)15)10-5-2-3-6-11(10)16-9/h2-3,5-6,9H,4,7-8H2,1H3,(H,13,14,15). The van der Waals surface area contributed by atoms with Gasteiger partial charge in [0, 0.05) is 11.4 Å². The number of nitrogens with zero attached hydrogens (tertiary/aromatic N) is 1. The summed E-state index contributed by atoms with van der Waals surface area (Å²) in [6.45, 7) is 2.74. The van der Waals surface area contributed by atoms with E-state index in [2.05, 4.69) is 17.9 Å². The Hall–Kier alpha value is -0.720. The maximum Gasteiger partial charge on any atom is 0.264 e. The van der Waals surface area contributed by atoms with Crippen molar-refractivity contribution in [2.75, 3.05) is 17.2 Å². The molecule has 0 aromatic heterocycles. The molecule has 1 heterocycles. The van der Waals surface area contributed by atoms with Gasteiger partial charge in [-0.1, -0.05) is 23.9 Å². The van der Waals surface area contributed by atoms with Crippen LogP contribution in [0.2, 0.25) is 0 Å². The summed E-state index contributed by atoms with van der Waals surface area (Å²) in [5.74, 6) is -0.178. The molecule has 0 bridgehead atoms. The molecular weight excluding hydrogens is 258 g/mol. The molecule has 6 heteroatoms. The number of para-hydroxylation sites is 1. The molecule has 1 aromatic rings. The topological polar surface area (TPSA) is 57.6 Å². The molecule has 0 saturated heterocycles. The van der Waals surface area contributed by atoms with Crippen molar-refractivity contribution < 1.29 is 13.0 Å². The Morgan fingerprint density at radius 1 is 1.41 bits per heavy atom. The predicted molar refractivity (Wildman–Crippen MR) is 70.1 cm³/mol. The summed E-state index contributed by atoms with van der Waals surface area (Å²) in [5.41, 5.74) is 1.15. The van der Waals surface area contributed by atoms with Crippen LogP contribution in [0.4, 0.5) is 5.69 Å². The Balaban J connectivity index is 2.02. The van der Waals surface area contributed by atoms with Gasteiger partial charge in [0.15, 0.2) is 0 Å². The summed E-state index contributed by atoms with van der Waals surface area (Å²) in [6.07, 6.45) is 0.443. The fourth-order valence-electron chi connectivity index (χ4n) is 1.96. The van der Waals surface area contributed by atoms with E-state index in [9.17, 15) is 8.42 Å². The molecular formula is C11H15NO3S2. The smallest absolute Gasteiger partial charge is 0.264 e. The molecule has 1 aliphatic heterocycles. The summed E-state index contributed by atoms with van der Waals surface area (Å²) in [4.78, 5) is 3.40. The number of hydrogen-bond acceptors (Lipinski definition) is 4. The SMILES string of the molecule is CC1Sc2ccccc2N1CCCS(=O)(=O)O. The average Bonchev–Trinajstić information content (AvgIpc) is 2.54. The maximum absolute atomic E-state index is 10.7. The highest BCUT2D eigenvalue weighted by atomic mass is 32.2. The lowest BCUT2D eigenvalue weighted by Gasteiger charge is -2.23. The third-order valence-electron chi connectivity index (χ3n) is 2.71. The second-order valence-electron chi connectivity index (χ2n) is 4.02. The van der Waals surface area contributed by atoms with Crippen LogP contribution in [-0.2, 0) is 10.1 Å². The third-order valence-corrected chi connectivity index (χ3v) is 4.71. The van der Waals surface area contributed by atoms with E-state index in [1.165, 1.54) is 4.90 Å². The number of thioether (sulfide) groups is 1. The van der Waals surface area contributed by atoms with Crippen molar-refractivity contribution in [3.63, 3.8) is 0 Å². The zero-order chi connectivity index (χ0) is 12.5. The summed E-state index contributed by atoms with van der Waals surface area (Å²) >= 11 is 1.77. The Bertz CT molecular complexity index is 501. The largest absolute Gasteiger partial charge is 0.359 e. The summed E-state index contributed by atoms with van der Waals surface area (Å²) in [6, 6.07) is 8.09. The Morgan fingerprint density at radius 3 is 2.82 bits per heavy atom. The van der Waals surface area contributed by atoms with Crippen LogP contribution in [0, 0.1) is 0 Å². The molecule has 0 fully saturated rings. The quantitative estimate of drug-likeness (QED) is 0.852. The van der Waals surface area contributed by atoms with Gasteiger partial charge in [-0.15, -0.1) is 0 Å². The van der Waals surface area contributed by atoms with Crippen molar-refractivity contribution in [1.82, 2.24) is 0 Å². The molecule has 1 atom stereocenters. The van der Waals surface area contributed by atoms with Gasteiger partial charge in [0.1, 0.15) is 0 Å². The minimum absolute atomic E-state index is 0.178. The van der Waals surface area contributed by atoms with Gasteiger partial charge < -0.3 is 4.90 Å². The predicted octanol–water partition coefficient (Wildman–Crippen LogP) is 2.22. The van der Waals surface area contributed by atoms with Crippen molar-refractivity contribution in [2.45, 2.75) is 23.6 Å². The van der Waals surface area contributed by atoms with Gasteiger partial charge in [0.2, 0.25) is 0 Å². The molecule has 94 valence electrons. The number of anilines is 1. The summed E-state index contributed by atoms with van der Waals surface area (Å²) in [7, 11) is -3.84. The number of rotatable bonds is 4. The highest BCUT2D eigenvalue weighted by molar-refractivity contribution is 8.00. The number of fused-ring (bicyclic) bond motifs is 1. The second kappa shape index (κ2) is 4.88. The van der Waals surface area contributed by atoms with E-state index in [0.29, 0.717) is 18.3 Å². The van der Waals surface area contributed by atoms with Crippen LogP contribution in [0.1, 0.15) is 13.3 Å². The van der Waals surface area contributed by atoms with E-state index in [1.54, 1.807) is 11.8 Å². The Labute approximate surface area is 106 Å². The van der Waals surface area contributed by atoms with E-state index in [4.69, 9.17) is 4.55 Å². The second-order valence-corrected chi connectivity index (χ2v) is 6.95. The first kappa shape index (κ1) is 12.7. The van der Waals surface area contributed by atoms with Crippen molar-refractivity contribution in [3.8, 4) is 0 Å². The average molecular weight is 273 g/mol. The monoisotopic (exact) mass is 273 g/mol. The first-order valence-corrected chi connectivity index (χ1v) is 7.94. The molecule has 2 rings (SSSR count). The third kappa shape index (κ3) is 3.14. The van der Waals surface area contributed by atoms with Gasteiger partial charge in [-0.3, -0.25) is 4.55 Å². The lowest BCUT2D eigenvalue weighted by Crippen LogP contribution is -2.29. The van der Waals surface area contributed by atoms with E-state index < -0.39 is 10.1 Å². The molecule has 0 spiro atoms. The van der Waals surface area contributed by atoms with E-state index in [-0.39, 0.29) is 5.75 Å². The first-order chi connectivity index (χ1) is 7.97. The normalized spacial score (nSPS) is 19.4. The molecule has 1 aromatic carbocycles. The van der Waals surface area contributed by atoms with E-state index in [1.807, 2.05) is 18.2 Å². The summed E-state index contributed by atoms with van der Waals surface area (Å²) < 4.78 is 30.0. The highest BCUT2D eigenvalue weighted by Crippen LogP contribution is 2.42. The molecule has 1 unspecified atom stereocenters. The minimum atomic E-state index is -3.84. The molecule has 4 nitrogen and oxygen atoms in total. The zero-order valence-electron chi connectivity index (χ0n) is 9.54. The molecule has 0 amide bonds. The first-order valence-electron chi connectivity index (χ1n) is 5.45. The van der Waals surface area contributed by atoms with Gasteiger partial charge in [0.25, 0.3) is 10.1 Å². The number of hydrogen-bond donors (Lipinski definition) is 1. The van der Waals surface area contributed by atoms with Crippen LogP contribution < -0.4 is 4.90 Å². The lowest BCUT2D eigenvalue weighted by atomic mass is 10.2. The van der Waals surface area contributed by atoms with Crippen LogP contribution in [0.3, 0.4) is 0 Å². The highest BCUT2D eigenvalue weighted by Gasteiger charge is 2.25. The van der Waals surface area contributed by atoms with Crippen LogP contribution in [-0.4, -0.2) is 30.6 Å². The lowest BCUT2D eigenvalue weighted by molar-refractivity contribution is 0.481. The van der Waals surface area contributed by atoms with Gasteiger partial charge in [-0.2, -0.15) is 8.42 Å². The fraction of sp³-hybridized carbons (Fsp3) is 0.455. The van der Waals surface area contributed by atoms with E-state index >= 15 is 0 Å². The summed E-state index contributed by atoms with van der Waals surface area (Å²) in [5, 5.41) is 0.314. The van der Waals surface area contributed by atoms with Gasteiger partial charge in [0.05, 0.1) is 16.8 Å². The molecule has 1 N–H and O–H groups in total. The van der Waals surface area contributed by atoms with Crippen LogP contribution in [0.5, 0.6) is 0 Å². The van der Waals surface area contributed by atoms with Crippen LogP contribution in [0.15, 0.2) is 29.2 Å².